The first kappa shape index (κ1) is 30.4. The van der Waals surface area contributed by atoms with E-state index in [4.69, 9.17) is 0 Å². The molecule has 0 heteroatoms. The number of fused-ring (bicyclic) bond motifs is 6. The Bertz CT molecular complexity index is 3260. The van der Waals surface area contributed by atoms with Gasteiger partial charge in [-0.1, -0.05) is 194 Å². The van der Waals surface area contributed by atoms with Crippen molar-refractivity contribution < 1.29 is 0 Å². The summed E-state index contributed by atoms with van der Waals surface area (Å²) >= 11 is 0. The van der Waals surface area contributed by atoms with Crippen molar-refractivity contribution in [3.05, 3.63) is 229 Å². The molecule has 1 aliphatic rings. The maximum atomic E-state index is 2.51. The van der Waals surface area contributed by atoms with Gasteiger partial charge in [0.1, 0.15) is 0 Å². The molecule has 0 radical (unpaired) electrons. The van der Waals surface area contributed by atoms with E-state index in [9.17, 15) is 0 Å². The fraction of sp³-hybridized carbons (Fsp3) is 0.0182. The second-order valence-electron chi connectivity index (χ2n) is 15.2. The fourth-order valence-corrected chi connectivity index (χ4v) is 10.1. The Labute approximate surface area is 319 Å². The van der Waals surface area contributed by atoms with E-state index in [2.05, 4.69) is 206 Å². The molecule has 0 N–H and O–H groups in total. The summed E-state index contributed by atoms with van der Waals surface area (Å²) in [5.41, 5.74) is 12.4. The van der Waals surface area contributed by atoms with E-state index in [0.29, 0.717) is 0 Å². The third kappa shape index (κ3) is 4.23. The van der Waals surface area contributed by atoms with Crippen LogP contribution >= 0.6 is 0 Å². The fourth-order valence-electron chi connectivity index (χ4n) is 10.1. The van der Waals surface area contributed by atoms with E-state index >= 15 is 0 Å². The predicted molar refractivity (Wildman–Crippen MR) is 233 cm³/mol. The van der Waals surface area contributed by atoms with E-state index < -0.39 is 5.41 Å². The molecule has 0 fully saturated rings. The van der Waals surface area contributed by atoms with Crippen molar-refractivity contribution in [3.63, 3.8) is 0 Å². The number of rotatable bonds is 4. The normalized spacial score (nSPS) is 13.2. The van der Waals surface area contributed by atoms with E-state index in [1.54, 1.807) is 0 Å². The molecular formula is C55H34. The van der Waals surface area contributed by atoms with Gasteiger partial charge in [-0.2, -0.15) is 0 Å². The minimum atomic E-state index is -0.497. The molecule has 12 rings (SSSR count). The van der Waals surface area contributed by atoms with Crippen LogP contribution in [0.2, 0.25) is 0 Å². The molecule has 0 aliphatic heterocycles. The zero-order chi connectivity index (χ0) is 36.1. The van der Waals surface area contributed by atoms with Crippen molar-refractivity contribution in [2.24, 2.45) is 0 Å². The summed E-state index contributed by atoms with van der Waals surface area (Å²) in [6, 6.07) is 77.3. The van der Waals surface area contributed by atoms with Crippen molar-refractivity contribution >= 4 is 53.9 Å². The highest BCUT2D eigenvalue weighted by molar-refractivity contribution is 6.27. The van der Waals surface area contributed by atoms with Crippen molar-refractivity contribution in [1.82, 2.24) is 0 Å². The van der Waals surface area contributed by atoms with E-state index in [1.165, 1.54) is 109 Å². The predicted octanol–water partition coefficient (Wildman–Crippen LogP) is 14.6. The van der Waals surface area contributed by atoms with E-state index in [0.717, 1.165) is 0 Å². The molecule has 11 aromatic carbocycles. The first-order valence-corrected chi connectivity index (χ1v) is 19.3. The van der Waals surface area contributed by atoms with Crippen LogP contribution in [0.3, 0.4) is 0 Å². The van der Waals surface area contributed by atoms with Gasteiger partial charge < -0.3 is 0 Å². The molecule has 254 valence electrons. The lowest BCUT2D eigenvalue weighted by molar-refractivity contribution is 0.776. The average molecular weight is 695 g/mol. The third-order valence-electron chi connectivity index (χ3n) is 12.5. The van der Waals surface area contributed by atoms with Gasteiger partial charge in [-0.25, -0.2) is 0 Å². The molecule has 11 aromatic rings. The van der Waals surface area contributed by atoms with Gasteiger partial charge in [0.05, 0.1) is 5.41 Å². The largest absolute Gasteiger partial charge is 0.0719 e. The Morgan fingerprint density at radius 3 is 1.42 bits per heavy atom. The summed E-state index contributed by atoms with van der Waals surface area (Å²) in [5.74, 6) is 0. The van der Waals surface area contributed by atoms with Gasteiger partial charge in [0.2, 0.25) is 0 Å². The topological polar surface area (TPSA) is 0 Å². The van der Waals surface area contributed by atoms with Gasteiger partial charge in [-0.3, -0.25) is 0 Å². The monoisotopic (exact) mass is 694 g/mol. The highest BCUT2D eigenvalue weighted by atomic mass is 14.5. The van der Waals surface area contributed by atoms with Crippen LogP contribution in [0.4, 0.5) is 0 Å². The molecule has 0 nitrogen and oxygen atoms in total. The average Bonchev–Trinajstić information content (AvgIpc) is 3.57. The first-order valence-electron chi connectivity index (χ1n) is 19.3. The van der Waals surface area contributed by atoms with E-state index in [-0.39, 0.29) is 0 Å². The molecule has 0 amide bonds. The standard InChI is InChI=1S/C55H34/c1-3-14-42(15-4-1)55(43-16-5-2-6-17-43)51-34-41(26-29-47(51)50-32-21-36-12-9-10-18-46(36)54(50)55)45-28-23-38-24-30-48-44(27-22-37-25-31-49(45)53(38)52(37)48)40-20-19-35-11-7-8-13-39(35)33-40/h1-34H. The van der Waals surface area contributed by atoms with Gasteiger partial charge in [-0.05, 0) is 122 Å². The third-order valence-corrected chi connectivity index (χ3v) is 12.5. The smallest absolute Gasteiger partial charge is 0.0622 e. The van der Waals surface area contributed by atoms with Crippen LogP contribution in [-0.4, -0.2) is 0 Å². The summed E-state index contributed by atoms with van der Waals surface area (Å²) < 4.78 is 0. The van der Waals surface area contributed by atoms with Gasteiger partial charge in [0, 0.05) is 0 Å². The quantitative estimate of drug-likeness (QED) is 0.161. The Kier molecular flexibility index (Phi) is 6.36. The van der Waals surface area contributed by atoms with Crippen LogP contribution in [0.1, 0.15) is 22.3 Å². The summed E-state index contributed by atoms with van der Waals surface area (Å²) in [4.78, 5) is 0. The first-order chi connectivity index (χ1) is 27.3. The second-order valence-corrected chi connectivity index (χ2v) is 15.2. The van der Waals surface area contributed by atoms with Crippen LogP contribution in [0.5, 0.6) is 0 Å². The van der Waals surface area contributed by atoms with Gasteiger partial charge >= 0.3 is 0 Å². The lowest BCUT2D eigenvalue weighted by atomic mass is 9.66. The van der Waals surface area contributed by atoms with Crippen LogP contribution < -0.4 is 0 Å². The number of hydrogen-bond donors (Lipinski definition) is 0. The number of hydrogen-bond acceptors (Lipinski definition) is 0. The lowest BCUT2D eigenvalue weighted by Crippen LogP contribution is -2.28. The van der Waals surface area contributed by atoms with Crippen LogP contribution in [0.25, 0.3) is 87.2 Å². The van der Waals surface area contributed by atoms with Crippen molar-refractivity contribution in [3.8, 4) is 33.4 Å². The lowest BCUT2D eigenvalue weighted by Gasteiger charge is -2.35. The Morgan fingerprint density at radius 2 is 0.745 bits per heavy atom. The Balaban J connectivity index is 1.13. The van der Waals surface area contributed by atoms with Crippen molar-refractivity contribution in [1.29, 1.82) is 0 Å². The summed E-state index contributed by atoms with van der Waals surface area (Å²) in [5, 5.41) is 12.9. The summed E-state index contributed by atoms with van der Waals surface area (Å²) in [6.07, 6.45) is 0. The minimum absolute atomic E-state index is 0.497. The molecule has 1 aliphatic carbocycles. The zero-order valence-corrected chi connectivity index (χ0v) is 30.1. The zero-order valence-electron chi connectivity index (χ0n) is 30.1. The Morgan fingerprint density at radius 1 is 0.273 bits per heavy atom. The molecule has 0 saturated heterocycles. The molecule has 0 saturated carbocycles. The molecular weight excluding hydrogens is 661 g/mol. The van der Waals surface area contributed by atoms with Crippen LogP contribution in [-0.2, 0) is 5.41 Å². The summed E-state index contributed by atoms with van der Waals surface area (Å²) in [7, 11) is 0. The minimum Gasteiger partial charge on any atom is -0.0622 e. The number of benzene rings is 11. The maximum Gasteiger partial charge on any atom is 0.0719 e. The molecule has 0 heterocycles. The van der Waals surface area contributed by atoms with Crippen LogP contribution in [0.15, 0.2) is 206 Å². The summed E-state index contributed by atoms with van der Waals surface area (Å²) in [6.45, 7) is 0. The molecule has 55 heavy (non-hydrogen) atoms. The molecule has 0 bridgehead atoms. The highest BCUT2D eigenvalue weighted by Crippen LogP contribution is 2.59. The molecule has 0 spiro atoms. The van der Waals surface area contributed by atoms with Crippen molar-refractivity contribution in [2.45, 2.75) is 5.41 Å². The van der Waals surface area contributed by atoms with Gasteiger partial charge in [0.25, 0.3) is 0 Å². The SMILES string of the molecule is c1ccc(C2(c3ccccc3)c3cc(-c4ccc5ccc6c(-c7ccc8ccccc8c7)ccc7ccc4c5c76)ccc3-c3ccc4ccccc4c32)cc1. The highest BCUT2D eigenvalue weighted by Gasteiger charge is 2.47. The molecule has 0 aromatic heterocycles. The van der Waals surface area contributed by atoms with Crippen molar-refractivity contribution in [2.75, 3.05) is 0 Å². The van der Waals surface area contributed by atoms with Gasteiger partial charge in [0.15, 0.2) is 0 Å². The molecule has 0 unspecified atom stereocenters. The Hall–Kier alpha value is -7.02. The maximum absolute atomic E-state index is 2.51. The van der Waals surface area contributed by atoms with Gasteiger partial charge in [-0.15, -0.1) is 0 Å². The van der Waals surface area contributed by atoms with E-state index in [1.807, 2.05) is 0 Å². The second kappa shape index (κ2) is 11.5. The van der Waals surface area contributed by atoms with Crippen LogP contribution in [0, 0.1) is 0 Å². The molecule has 0 atom stereocenters.